The summed E-state index contributed by atoms with van der Waals surface area (Å²) in [6, 6.07) is 13.7. The monoisotopic (exact) mass is 430 g/mol. The molecule has 0 aliphatic rings. The van der Waals surface area contributed by atoms with E-state index < -0.39 is 6.04 Å². The van der Waals surface area contributed by atoms with Crippen molar-refractivity contribution in [1.29, 1.82) is 0 Å². The van der Waals surface area contributed by atoms with E-state index in [-0.39, 0.29) is 29.9 Å². The Morgan fingerprint density at radius 2 is 1.60 bits per heavy atom. The van der Waals surface area contributed by atoms with Crippen LogP contribution in [0.1, 0.15) is 37.5 Å². The van der Waals surface area contributed by atoms with Gasteiger partial charge in [-0.15, -0.1) is 11.8 Å². The smallest absolute Gasteiger partial charge is 0.242 e. The van der Waals surface area contributed by atoms with E-state index in [1.54, 1.807) is 24.0 Å². The number of benzene rings is 2. The molecule has 0 heterocycles. The predicted octanol–water partition coefficient (Wildman–Crippen LogP) is 4.56. The van der Waals surface area contributed by atoms with Crippen LogP contribution in [0.3, 0.4) is 0 Å². The Labute approximate surface area is 183 Å². The number of nitrogens with one attached hydrogen (secondary N) is 1. The van der Waals surface area contributed by atoms with E-state index in [4.69, 9.17) is 0 Å². The summed E-state index contributed by atoms with van der Waals surface area (Å²) in [5, 5.41) is 2.90. The number of hydrogen-bond acceptors (Lipinski definition) is 3. The maximum absolute atomic E-state index is 13.3. The van der Waals surface area contributed by atoms with Crippen molar-refractivity contribution in [3.05, 3.63) is 71.0 Å². The normalized spacial score (nSPS) is 11.9. The Morgan fingerprint density at radius 3 is 2.20 bits per heavy atom. The van der Waals surface area contributed by atoms with Gasteiger partial charge in [0.2, 0.25) is 11.8 Å². The molecule has 0 aliphatic heterocycles. The Bertz CT molecular complexity index is 822. The van der Waals surface area contributed by atoms with Crippen molar-refractivity contribution >= 4 is 23.6 Å². The molecule has 2 amide bonds. The van der Waals surface area contributed by atoms with Crippen LogP contribution in [-0.4, -0.2) is 35.1 Å². The number of carbonyl (C=O) groups excluding carboxylic acids is 2. The maximum Gasteiger partial charge on any atom is 0.242 e. The molecule has 6 heteroatoms. The highest BCUT2D eigenvalue weighted by Crippen LogP contribution is 2.17. The lowest BCUT2D eigenvalue weighted by Crippen LogP contribution is -2.48. The number of aryl methyl sites for hydroxylation is 1. The van der Waals surface area contributed by atoms with E-state index in [2.05, 4.69) is 29.6 Å². The summed E-state index contributed by atoms with van der Waals surface area (Å²) in [6.07, 6.45) is 0. The Morgan fingerprint density at radius 1 is 1.00 bits per heavy atom. The van der Waals surface area contributed by atoms with Gasteiger partial charge in [0.25, 0.3) is 0 Å². The minimum Gasteiger partial charge on any atom is -0.354 e. The van der Waals surface area contributed by atoms with Crippen molar-refractivity contribution in [3.63, 3.8) is 0 Å². The molecule has 162 valence electrons. The van der Waals surface area contributed by atoms with E-state index in [0.29, 0.717) is 12.5 Å². The van der Waals surface area contributed by atoms with Gasteiger partial charge < -0.3 is 10.2 Å². The fraction of sp³-hybridized carbons (Fsp3) is 0.417. The first-order chi connectivity index (χ1) is 14.3. The first kappa shape index (κ1) is 23.9. The summed E-state index contributed by atoms with van der Waals surface area (Å²) in [6.45, 7) is 8.65. The fourth-order valence-electron chi connectivity index (χ4n) is 2.84. The number of carbonyl (C=O) groups is 2. The predicted molar refractivity (Wildman–Crippen MR) is 122 cm³/mol. The van der Waals surface area contributed by atoms with Crippen LogP contribution in [0.15, 0.2) is 48.5 Å². The molecule has 0 spiro atoms. The number of rotatable bonds is 10. The molecule has 0 aromatic heterocycles. The van der Waals surface area contributed by atoms with Gasteiger partial charge in [0.1, 0.15) is 11.9 Å². The molecule has 2 aromatic carbocycles. The lowest BCUT2D eigenvalue weighted by atomic mass is 10.1. The number of halogens is 1. The molecule has 0 radical (unpaired) electrons. The standard InChI is InChI=1S/C24H31FN2O2S/c1-17(2)13-26-24(29)19(4)27(14-20-9-11-22(25)12-10-20)23(28)16-30-15-21-7-5-18(3)6-8-21/h5-12,17,19H,13-16H2,1-4H3,(H,26,29)/t19-/m0/s1. The van der Waals surface area contributed by atoms with Crippen LogP contribution >= 0.6 is 11.8 Å². The zero-order chi connectivity index (χ0) is 22.1. The summed E-state index contributed by atoms with van der Waals surface area (Å²) < 4.78 is 13.3. The van der Waals surface area contributed by atoms with Gasteiger partial charge in [0.15, 0.2) is 0 Å². The summed E-state index contributed by atoms with van der Waals surface area (Å²) >= 11 is 1.53. The fourth-order valence-corrected chi connectivity index (χ4v) is 3.72. The van der Waals surface area contributed by atoms with Crippen molar-refractivity contribution in [2.75, 3.05) is 12.3 Å². The second-order valence-corrected chi connectivity index (χ2v) is 8.93. The molecule has 0 bridgehead atoms. The van der Waals surface area contributed by atoms with E-state index in [1.807, 2.05) is 20.8 Å². The van der Waals surface area contributed by atoms with Crippen molar-refractivity contribution in [1.82, 2.24) is 10.2 Å². The molecular formula is C24H31FN2O2S. The van der Waals surface area contributed by atoms with Gasteiger partial charge in [-0.2, -0.15) is 0 Å². The topological polar surface area (TPSA) is 49.4 Å². The van der Waals surface area contributed by atoms with Gasteiger partial charge in [0.05, 0.1) is 5.75 Å². The molecular weight excluding hydrogens is 399 g/mol. The van der Waals surface area contributed by atoms with Crippen LogP contribution in [0.2, 0.25) is 0 Å². The van der Waals surface area contributed by atoms with Gasteiger partial charge in [-0.1, -0.05) is 55.8 Å². The molecule has 1 N–H and O–H groups in total. The van der Waals surface area contributed by atoms with Gasteiger partial charge in [-0.25, -0.2) is 4.39 Å². The zero-order valence-corrected chi connectivity index (χ0v) is 19.0. The third kappa shape index (κ3) is 7.82. The average Bonchev–Trinajstić information content (AvgIpc) is 2.72. The molecule has 2 aromatic rings. The number of nitrogens with zero attached hydrogens (tertiary/aromatic N) is 1. The summed E-state index contributed by atoms with van der Waals surface area (Å²) in [7, 11) is 0. The summed E-state index contributed by atoms with van der Waals surface area (Å²) in [4.78, 5) is 27.2. The highest BCUT2D eigenvalue weighted by Gasteiger charge is 2.26. The van der Waals surface area contributed by atoms with Crippen LogP contribution in [0.25, 0.3) is 0 Å². The highest BCUT2D eigenvalue weighted by molar-refractivity contribution is 7.99. The largest absolute Gasteiger partial charge is 0.354 e. The van der Waals surface area contributed by atoms with Gasteiger partial charge in [-0.05, 0) is 43.0 Å². The van der Waals surface area contributed by atoms with E-state index in [9.17, 15) is 14.0 Å². The third-order valence-electron chi connectivity index (χ3n) is 4.73. The Kier molecular flexibility index (Phi) is 9.37. The van der Waals surface area contributed by atoms with Crippen LogP contribution in [0, 0.1) is 18.7 Å². The lowest BCUT2D eigenvalue weighted by molar-refractivity contribution is -0.138. The van der Waals surface area contributed by atoms with Crippen molar-refractivity contribution in [2.45, 2.75) is 46.0 Å². The summed E-state index contributed by atoms with van der Waals surface area (Å²) in [5.41, 5.74) is 3.15. The van der Waals surface area contributed by atoms with Gasteiger partial charge in [0, 0.05) is 18.8 Å². The second kappa shape index (κ2) is 11.7. The second-order valence-electron chi connectivity index (χ2n) is 7.94. The van der Waals surface area contributed by atoms with E-state index in [1.165, 1.54) is 29.5 Å². The molecule has 0 saturated heterocycles. The average molecular weight is 431 g/mol. The Balaban J connectivity index is 2.04. The lowest BCUT2D eigenvalue weighted by Gasteiger charge is -2.29. The molecule has 0 saturated carbocycles. The first-order valence-corrected chi connectivity index (χ1v) is 11.4. The number of thioether (sulfide) groups is 1. The van der Waals surface area contributed by atoms with Crippen LogP contribution in [-0.2, 0) is 21.9 Å². The first-order valence-electron chi connectivity index (χ1n) is 10.2. The number of hydrogen-bond donors (Lipinski definition) is 1. The molecule has 0 aliphatic carbocycles. The maximum atomic E-state index is 13.3. The molecule has 4 nitrogen and oxygen atoms in total. The number of amides is 2. The van der Waals surface area contributed by atoms with Crippen LogP contribution in [0.4, 0.5) is 4.39 Å². The van der Waals surface area contributed by atoms with Crippen molar-refractivity contribution in [3.8, 4) is 0 Å². The minimum atomic E-state index is -0.610. The van der Waals surface area contributed by atoms with Crippen LogP contribution < -0.4 is 5.32 Å². The minimum absolute atomic E-state index is 0.108. The summed E-state index contributed by atoms with van der Waals surface area (Å²) in [5.74, 6) is 0.716. The van der Waals surface area contributed by atoms with Crippen molar-refractivity contribution in [2.24, 2.45) is 5.92 Å². The van der Waals surface area contributed by atoms with Gasteiger partial charge in [-0.3, -0.25) is 9.59 Å². The van der Waals surface area contributed by atoms with E-state index in [0.717, 1.165) is 16.9 Å². The third-order valence-corrected chi connectivity index (χ3v) is 5.72. The quantitative estimate of drug-likeness (QED) is 0.601. The highest BCUT2D eigenvalue weighted by atomic mass is 32.2. The van der Waals surface area contributed by atoms with Gasteiger partial charge >= 0.3 is 0 Å². The van der Waals surface area contributed by atoms with Crippen LogP contribution in [0.5, 0.6) is 0 Å². The molecule has 1 atom stereocenters. The Hall–Kier alpha value is -2.34. The zero-order valence-electron chi connectivity index (χ0n) is 18.2. The van der Waals surface area contributed by atoms with E-state index >= 15 is 0 Å². The van der Waals surface area contributed by atoms with Crippen molar-refractivity contribution < 1.29 is 14.0 Å². The molecule has 0 unspecified atom stereocenters. The molecule has 2 rings (SSSR count). The SMILES string of the molecule is Cc1ccc(CSCC(=O)N(Cc2ccc(F)cc2)[C@@H](C)C(=O)NCC(C)C)cc1. The molecule has 30 heavy (non-hydrogen) atoms. The molecule has 0 fully saturated rings.